The predicted octanol–water partition coefficient (Wildman–Crippen LogP) is 3.14. The number of pyridine rings is 3. The van der Waals surface area contributed by atoms with E-state index in [1.165, 1.54) is 0 Å². The maximum absolute atomic E-state index is 13.5. The average molecular weight is 435 g/mol. The fraction of sp³-hybridized carbons (Fsp3) is 0.136. The molecule has 8 nitrogen and oxygen atoms in total. The van der Waals surface area contributed by atoms with Crippen molar-refractivity contribution in [1.29, 1.82) is 0 Å². The normalized spacial score (nSPS) is 12.6. The second-order valence-corrected chi connectivity index (χ2v) is 7.45. The molecule has 0 fully saturated rings. The molecule has 1 aromatic carbocycles. The molecule has 4 heterocycles. The third kappa shape index (κ3) is 3.31. The fourth-order valence-corrected chi connectivity index (χ4v) is 3.86. The maximum Gasteiger partial charge on any atom is 0.264 e. The smallest absolute Gasteiger partial charge is 0.264 e. The first kappa shape index (κ1) is 19.5. The largest absolute Gasteiger partial charge is 0.361 e. The third-order valence-corrected chi connectivity index (χ3v) is 5.32. The molecule has 4 aromatic heterocycles. The molecule has 1 unspecified atom stereocenters. The van der Waals surface area contributed by atoms with Crippen molar-refractivity contribution in [1.82, 2.24) is 24.3 Å². The summed E-state index contributed by atoms with van der Waals surface area (Å²) in [7, 11) is 0. The van der Waals surface area contributed by atoms with Gasteiger partial charge in [0, 0.05) is 17.0 Å². The molecule has 0 aliphatic carbocycles. The Bertz CT molecular complexity index is 1480. The highest BCUT2D eigenvalue weighted by atomic mass is 35.5. The molecule has 0 aliphatic rings. The first-order valence-electron chi connectivity index (χ1n) is 9.82. The molecule has 5 aromatic rings. The molecule has 3 N–H and O–H groups in total. The number of anilines is 1. The number of halogens is 1. The number of aliphatic hydroxyl groups excluding tert-OH is 1. The number of rotatable bonds is 5. The molecule has 0 bridgehead atoms. The number of benzene rings is 1. The van der Waals surface area contributed by atoms with E-state index < -0.39 is 6.35 Å². The second-order valence-electron chi connectivity index (χ2n) is 7.06. The fourth-order valence-electron chi connectivity index (χ4n) is 3.75. The van der Waals surface area contributed by atoms with Gasteiger partial charge in [-0.25, -0.2) is 9.97 Å². The summed E-state index contributed by atoms with van der Waals surface area (Å²) in [6.45, 7) is 2.51. The molecule has 0 radical (unpaired) electrons. The average Bonchev–Trinajstić information content (AvgIpc) is 3.14. The molecule has 0 aliphatic heterocycles. The van der Waals surface area contributed by atoms with E-state index in [0.29, 0.717) is 45.3 Å². The topological polar surface area (TPSA) is 96.5 Å². The van der Waals surface area contributed by atoms with E-state index in [-0.39, 0.29) is 5.56 Å². The lowest BCUT2D eigenvalue weighted by Gasteiger charge is -2.15. The Morgan fingerprint density at radius 1 is 1.13 bits per heavy atom. The van der Waals surface area contributed by atoms with Crippen molar-refractivity contribution >= 4 is 44.9 Å². The molecule has 31 heavy (non-hydrogen) atoms. The van der Waals surface area contributed by atoms with Gasteiger partial charge in [-0.1, -0.05) is 36.7 Å². The highest BCUT2D eigenvalue weighted by Crippen LogP contribution is 2.27. The minimum atomic E-state index is -0.902. The van der Waals surface area contributed by atoms with E-state index in [0.717, 1.165) is 5.39 Å². The van der Waals surface area contributed by atoms with Gasteiger partial charge in [-0.15, -0.1) is 0 Å². The molecule has 0 saturated carbocycles. The van der Waals surface area contributed by atoms with Gasteiger partial charge in [-0.2, -0.15) is 0 Å². The van der Waals surface area contributed by atoms with Gasteiger partial charge in [0.25, 0.3) is 5.56 Å². The molecule has 0 saturated heterocycles. The zero-order valence-electron chi connectivity index (χ0n) is 16.6. The third-order valence-electron chi connectivity index (χ3n) is 5.09. The van der Waals surface area contributed by atoms with Crippen LogP contribution in [0.25, 0.3) is 33.3 Å². The van der Waals surface area contributed by atoms with Crippen molar-refractivity contribution in [2.45, 2.75) is 13.3 Å². The molecule has 0 spiro atoms. The van der Waals surface area contributed by atoms with Gasteiger partial charge in [0.15, 0.2) is 12.0 Å². The van der Waals surface area contributed by atoms with Gasteiger partial charge < -0.3 is 10.4 Å². The van der Waals surface area contributed by atoms with Crippen molar-refractivity contribution in [2.75, 3.05) is 11.9 Å². The molecular weight excluding hydrogens is 416 g/mol. The Balaban J connectivity index is 1.86. The van der Waals surface area contributed by atoms with E-state index in [2.05, 4.69) is 15.6 Å². The Morgan fingerprint density at radius 2 is 1.94 bits per heavy atom. The summed E-state index contributed by atoms with van der Waals surface area (Å²) >= 11 is 5.97. The van der Waals surface area contributed by atoms with Crippen LogP contribution in [0.3, 0.4) is 0 Å². The highest BCUT2D eigenvalue weighted by Gasteiger charge is 2.18. The van der Waals surface area contributed by atoms with Gasteiger partial charge in [0.05, 0.1) is 17.6 Å². The minimum absolute atomic E-state index is 0.180. The van der Waals surface area contributed by atoms with Crippen LogP contribution in [-0.4, -0.2) is 36.9 Å². The summed E-state index contributed by atoms with van der Waals surface area (Å²) in [5.41, 5.74) is 3.03. The zero-order chi connectivity index (χ0) is 21.5. The lowest BCUT2D eigenvalue weighted by Crippen LogP contribution is -2.35. The highest BCUT2D eigenvalue weighted by molar-refractivity contribution is 6.29. The molecule has 5 rings (SSSR count). The summed E-state index contributed by atoms with van der Waals surface area (Å²) in [6.07, 6.45) is 2.47. The SMILES string of the molecule is CCNC(O)Nc1ccc2nc3c4ccccc4c(=O)n(-c4ccc(Cl)nc4)c3n2c1. The number of fused-ring (bicyclic) bond motifs is 5. The van der Waals surface area contributed by atoms with Crippen LogP contribution < -0.4 is 16.2 Å². The predicted molar refractivity (Wildman–Crippen MR) is 122 cm³/mol. The quantitative estimate of drug-likeness (QED) is 0.290. The number of hydrogen-bond donors (Lipinski definition) is 3. The summed E-state index contributed by atoms with van der Waals surface area (Å²) in [5.74, 6) is 0. The van der Waals surface area contributed by atoms with E-state index in [4.69, 9.17) is 16.6 Å². The number of nitrogens with one attached hydrogen (secondary N) is 2. The van der Waals surface area contributed by atoms with Gasteiger partial charge in [0.1, 0.15) is 16.3 Å². The van der Waals surface area contributed by atoms with Gasteiger partial charge in [-0.05, 0) is 36.9 Å². The molecule has 0 amide bonds. The minimum Gasteiger partial charge on any atom is -0.361 e. The standard InChI is InChI=1S/C22H19ClN6O2/c1-2-24-22(31)26-13-7-10-18-27-19-15-5-3-4-6-16(15)21(30)29(20(19)28(18)12-13)14-8-9-17(23)25-11-14/h3-12,22,24,26,31H,2H2,1H3. The number of imidazole rings is 1. The number of aromatic nitrogens is 4. The Labute approximate surface area is 181 Å². The summed E-state index contributed by atoms with van der Waals surface area (Å²) in [6, 6.07) is 14.5. The van der Waals surface area contributed by atoms with E-state index >= 15 is 0 Å². The van der Waals surface area contributed by atoms with Gasteiger partial charge >= 0.3 is 0 Å². The van der Waals surface area contributed by atoms with Crippen LogP contribution in [-0.2, 0) is 0 Å². The van der Waals surface area contributed by atoms with Crippen LogP contribution in [0.15, 0.2) is 65.7 Å². The summed E-state index contributed by atoms with van der Waals surface area (Å²) in [5, 5.41) is 17.6. The summed E-state index contributed by atoms with van der Waals surface area (Å²) in [4.78, 5) is 22.5. The lowest BCUT2D eigenvalue weighted by atomic mass is 10.1. The van der Waals surface area contributed by atoms with Crippen LogP contribution in [0.4, 0.5) is 5.69 Å². The molecular formula is C22H19ClN6O2. The van der Waals surface area contributed by atoms with Gasteiger partial charge in [0.2, 0.25) is 0 Å². The Morgan fingerprint density at radius 3 is 2.68 bits per heavy atom. The van der Waals surface area contributed by atoms with Crippen molar-refractivity contribution in [3.05, 3.63) is 76.4 Å². The lowest BCUT2D eigenvalue weighted by molar-refractivity contribution is 0.168. The molecule has 9 heteroatoms. The van der Waals surface area contributed by atoms with Crippen LogP contribution in [0.5, 0.6) is 0 Å². The van der Waals surface area contributed by atoms with Crippen molar-refractivity contribution in [3.8, 4) is 5.69 Å². The second kappa shape index (κ2) is 7.66. The monoisotopic (exact) mass is 434 g/mol. The number of nitrogens with zero attached hydrogens (tertiary/aromatic N) is 4. The van der Waals surface area contributed by atoms with E-state index in [1.54, 1.807) is 35.2 Å². The van der Waals surface area contributed by atoms with Crippen molar-refractivity contribution < 1.29 is 5.11 Å². The van der Waals surface area contributed by atoms with Crippen LogP contribution in [0.2, 0.25) is 5.15 Å². The van der Waals surface area contributed by atoms with Crippen LogP contribution in [0.1, 0.15) is 6.92 Å². The first-order chi connectivity index (χ1) is 15.1. The van der Waals surface area contributed by atoms with Crippen molar-refractivity contribution in [3.63, 3.8) is 0 Å². The summed E-state index contributed by atoms with van der Waals surface area (Å²) < 4.78 is 3.42. The van der Waals surface area contributed by atoms with Crippen LogP contribution >= 0.6 is 11.6 Å². The van der Waals surface area contributed by atoms with Gasteiger partial charge in [-0.3, -0.25) is 19.1 Å². The van der Waals surface area contributed by atoms with E-state index in [1.807, 2.05) is 41.7 Å². The number of hydrogen-bond acceptors (Lipinski definition) is 6. The first-order valence-corrected chi connectivity index (χ1v) is 10.2. The number of aliphatic hydroxyl groups is 1. The zero-order valence-corrected chi connectivity index (χ0v) is 17.3. The maximum atomic E-state index is 13.5. The Kier molecular flexibility index (Phi) is 4.82. The van der Waals surface area contributed by atoms with Crippen LogP contribution in [0, 0.1) is 0 Å². The molecule has 156 valence electrons. The Hall–Kier alpha value is -3.46. The van der Waals surface area contributed by atoms with Crippen molar-refractivity contribution in [2.24, 2.45) is 0 Å². The molecule has 1 atom stereocenters. The van der Waals surface area contributed by atoms with E-state index in [9.17, 15) is 9.90 Å².